The molecule has 1 aromatic heterocycles. The Morgan fingerprint density at radius 3 is 1.93 bits per heavy atom. The molecule has 0 amide bonds. The van der Waals surface area contributed by atoms with Gasteiger partial charge in [-0.15, -0.1) is 0 Å². The molecule has 2 nitrogen and oxygen atoms in total. The second-order valence-electron chi connectivity index (χ2n) is 7.96. The van der Waals surface area contributed by atoms with Crippen LogP contribution >= 0.6 is 0 Å². The van der Waals surface area contributed by atoms with Gasteiger partial charge in [0.05, 0.1) is 0 Å². The lowest BCUT2D eigenvalue weighted by molar-refractivity contribution is 0.299. The van der Waals surface area contributed by atoms with E-state index in [4.69, 9.17) is 4.98 Å². The molecule has 2 rings (SSSR count). The molecule has 1 heterocycles. The second-order valence-corrected chi connectivity index (χ2v) is 7.96. The fourth-order valence-corrected chi connectivity index (χ4v) is 3.79. The Balaban J connectivity index is 2.79. The lowest BCUT2D eigenvalue weighted by Gasteiger charge is -2.25. The van der Waals surface area contributed by atoms with Crippen LogP contribution in [-0.4, -0.2) is 16.7 Å². The van der Waals surface area contributed by atoms with Crippen molar-refractivity contribution in [1.29, 1.82) is 0 Å². The first-order chi connectivity index (χ1) is 12.9. The SMILES string of the molecule is CCCCCc1c(C(C)C)nc(C(C)C)c(CCO)c1-c1ccc(F)cc1. The molecule has 0 saturated carbocycles. The summed E-state index contributed by atoms with van der Waals surface area (Å²) >= 11 is 0. The zero-order valence-corrected chi connectivity index (χ0v) is 17.5. The number of aliphatic hydroxyl groups excluding tert-OH is 1. The molecule has 0 unspecified atom stereocenters. The number of aromatic nitrogens is 1. The van der Waals surface area contributed by atoms with Crippen molar-refractivity contribution in [3.8, 4) is 11.1 Å². The lowest BCUT2D eigenvalue weighted by atomic mass is 9.84. The molecule has 0 aliphatic heterocycles. The zero-order chi connectivity index (χ0) is 20.0. The van der Waals surface area contributed by atoms with E-state index in [1.165, 1.54) is 36.1 Å². The summed E-state index contributed by atoms with van der Waals surface area (Å²) in [6.45, 7) is 11.0. The molecule has 0 spiro atoms. The van der Waals surface area contributed by atoms with Crippen LogP contribution in [-0.2, 0) is 12.8 Å². The maximum Gasteiger partial charge on any atom is 0.123 e. The molecule has 0 saturated heterocycles. The number of hydrogen-bond donors (Lipinski definition) is 1. The highest BCUT2D eigenvalue weighted by molar-refractivity contribution is 5.73. The van der Waals surface area contributed by atoms with Gasteiger partial charge in [0.25, 0.3) is 0 Å². The fraction of sp³-hybridized carbons (Fsp3) is 0.542. The molecule has 0 atom stereocenters. The van der Waals surface area contributed by atoms with E-state index in [1.54, 1.807) is 0 Å². The van der Waals surface area contributed by atoms with Crippen molar-refractivity contribution in [2.45, 2.75) is 78.6 Å². The summed E-state index contributed by atoms with van der Waals surface area (Å²) in [5.41, 5.74) is 6.80. The minimum Gasteiger partial charge on any atom is -0.396 e. The van der Waals surface area contributed by atoms with Crippen molar-refractivity contribution < 1.29 is 9.50 Å². The van der Waals surface area contributed by atoms with Gasteiger partial charge in [0.15, 0.2) is 0 Å². The third-order valence-corrected chi connectivity index (χ3v) is 5.08. The Morgan fingerprint density at radius 1 is 0.889 bits per heavy atom. The van der Waals surface area contributed by atoms with Crippen LogP contribution in [0, 0.1) is 5.82 Å². The number of rotatable bonds is 9. The predicted molar refractivity (Wildman–Crippen MR) is 112 cm³/mol. The van der Waals surface area contributed by atoms with Crippen LogP contribution in [0.1, 0.15) is 88.2 Å². The minimum absolute atomic E-state index is 0.0883. The first-order valence-corrected chi connectivity index (χ1v) is 10.3. The van der Waals surface area contributed by atoms with Crippen molar-refractivity contribution in [2.24, 2.45) is 0 Å². The molecule has 0 aliphatic carbocycles. The van der Waals surface area contributed by atoms with E-state index in [2.05, 4.69) is 34.6 Å². The summed E-state index contributed by atoms with van der Waals surface area (Å²) < 4.78 is 13.6. The summed E-state index contributed by atoms with van der Waals surface area (Å²) in [5, 5.41) is 9.74. The summed E-state index contributed by atoms with van der Waals surface area (Å²) in [5.74, 6) is 0.367. The number of pyridine rings is 1. The van der Waals surface area contributed by atoms with E-state index < -0.39 is 0 Å². The molecule has 1 N–H and O–H groups in total. The molecular formula is C24H34FNO. The molecule has 0 bridgehead atoms. The predicted octanol–water partition coefficient (Wildman–Crippen LogP) is 6.40. The van der Waals surface area contributed by atoms with E-state index in [-0.39, 0.29) is 18.3 Å². The molecule has 0 fully saturated rings. The number of hydrogen-bond acceptors (Lipinski definition) is 2. The van der Waals surface area contributed by atoms with Crippen molar-refractivity contribution >= 4 is 0 Å². The number of unbranched alkanes of at least 4 members (excludes halogenated alkanes) is 2. The van der Waals surface area contributed by atoms with E-state index >= 15 is 0 Å². The molecule has 3 heteroatoms. The van der Waals surface area contributed by atoms with Crippen molar-refractivity contribution in [2.75, 3.05) is 6.61 Å². The number of aliphatic hydroxyl groups is 1. The van der Waals surface area contributed by atoms with Gasteiger partial charge in [0.2, 0.25) is 0 Å². The molecule has 27 heavy (non-hydrogen) atoms. The Kier molecular flexibility index (Phi) is 7.97. The number of halogens is 1. The summed E-state index contributed by atoms with van der Waals surface area (Å²) in [6, 6.07) is 6.78. The smallest absolute Gasteiger partial charge is 0.123 e. The van der Waals surface area contributed by atoms with Crippen molar-refractivity contribution in [3.05, 3.63) is 52.6 Å². The monoisotopic (exact) mass is 371 g/mol. The Hall–Kier alpha value is -1.74. The largest absolute Gasteiger partial charge is 0.396 e. The van der Waals surface area contributed by atoms with Gasteiger partial charge in [-0.05, 0) is 65.5 Å². The van der Waals surface area contributed by atoms with Gasteiger partial charge in [-0.2, -0.15) is 0 Å². The van der Waals surface area contributed by atoms with Crippen LogP contribution in [0.4, 0.5) is 4.39 Å². The van der Waals surface area contributed by atoms with Gasteiger partial charge in [0.1, 0.15) is 5.82 Å². The van der Waals surface area contributed by atoms with Gasteiger partial charge in [-0.25, -0.2) is 4.39 Å². The van der Waals surface area contributed by atoms with Crippen molar-refractivity contribution in [3.63, 3.8) is 0 Å². The summed E-state index contributed by atoms with van der Waals surface area (Å²) in [6.07, 6.45) is 5.02. The Labute approximate surface area is 163 Å². The van der Waals surface area contributed by atoms with E-state index in [9.17, 15) is 9.50 Å². The molecule has 0 radical (unpaired) electrons. The van der Waals surface area contributed by atoms with Crippen LogP contribution in [0.25, 0.3) is 11.1 Å². The second kappa shape index (κ2) is 9.98. The van der Waals surface area contributed by atoms with Gasteiger partial charge in [-0.1, -0.05) is 59.6 Å². The molecule has 148 valence electrons. The standard InChI is InChI=1S/C24H34FNO/c1-6-7-8-9-20-22(18-10-12-19(25)13-11-18)21(14-15-27)24(17(4)5)26-23(20)16(2)3/h10-13,16-17,27H,6-9,14-15H2,1-5H3. The van der Waals surface area contributed by atoms with E-state index in [0.29, 0.717) is 12.3 Å². The van der Waals surface area contributed by atoms with Crippen LogP contribution in [0.15, 0.2) is 24.3 Å². The van der Waals surface area contributed by atoms with Crippen LogP contribution in [0.2, 0.25) is 0 Å². The quantitative estimate of drug-likeness (QED) is 0.517. The average molecular weight is 372 g/mol. The minimum atomic E-state index is -0.225. The maximum atomic E-state index is 13.6. The highest BCUT2D eigenvalue weighted by Gasteiger charge is 2.23. The zero-order valence-electron chi connectivity index (χ0n) is 17.5. The van der Waals surface area contributed by atoms with Gasteiger partial charge < -0.3 is 5.11 Å². The lowest BCUT2D eigenvalue weighted by Crippen LogP contribution is -2.13. The maximum absolute atomic E-state index is 13.6. The third kappa shape index (κ3) is 5.16. The highest BCUT2D eigenvalue weighted by Crippen LogP contribution is 2.37. The van der Waals surface area contributed by atoms with Gasteiger partial charge in [0, 0.05) is 18.0 Å². The molecule has 0 aliphatic rings. The van der Waals surface area contributed by atoms with Crippen molar-refractivity contribution in [1.82, 2.24) is 4.98 Å². The van der Waals surface area contributed by atoms with Crippen LogP contribution in [0.5, 0.6) is 0 Å². The third-order valence-electron chi connectivity index (χ3n) is 5.08. The fourth-order valence-electron chi connectivity index (χ4n) is 3.79. The molecule has 2 aromatic rings. The summed E-state index contributed by atoms with van der Waals surface area (Å²) in [4.78, 5) is 5.09. The topological polar surface area (TPSA) is 33.1 Å². The number of benzene rings is 1. The first kappa shape index (κ1) is 21.6. The average Bonchev–Trinajstić information content (AvgIpc) is 2.62. The molecule has 1 aromatic carbocycles. The van der Waals surface area contributed by atoms with Crippen LogP contribution < -0.4 is 0 Å². The Morgan fingerprint density at radius 2 is 1.44 bits per heavy atom. The van der Waals surface area contributed by atoms with Crippen LogP contribution in [0.3, 0.4) is 0 Å². The van der Waals surface area contributed by atoms with Gasteiger partial charge in [-0.3, -0.25) is 4.98 Å². The Bertz CT molecular complexity index is 735. The first-order valence-electron chi connectivity index (χ1n) is 10.3. The normalized spacial score (nSPS) is 11.6. The summed E-state index contributed by atoms with van der Waals surface area (Å²) in [7, 11) is 0. The van der Waals surface area contributed by atoms with Gasteiger partial charge >= 0.3 is 0 Å². The highest BCUT2D eigenvalue weighted by atomic mass is 19.1. The van der Waals surface area contributed by atoms with E-state index in [0.717, 1.165) is 35.4 Å². The number of nitrogens with zero attached hydrogens (tertiary/aromatic N) is 1. The van der Waals surface area contributed by atoms with E-state index in [1.807, 2.05) is 12.1 Å². The molecular weight excluding hydrogens is 337 g/mol.